The molecule has 1 aliphatic carbocycles. The van der Waals surface area contributed by atoms with Gasteiger partial charge in [-0.15, -0.1) is 11.8 Å². The summed E-state index contributed by atoms with van der Waals surface area (Å²) in [7, 11) is 0. The molecule has 3 heteroatoms. The van der Waals surface area contributed by atoms with Crippen LogP contribution in [-0.2, 0) is 6.42 Å². The molecule has 0 spiro atoms. The Morgan fingerprint density at radius 2 is 2.18 bits per heavy atom. The molecule has 2 aliphatic rings. The average Bonchev–Trinajstić information content (AvgIpc) is 3.18. The van der Waals surface area contributed by atoms with Crippen molar-refractivity contribution in [2.45, 2.75) is 36.6 Å². The second-order valence-electron chi connectivity index (χ2n) is 5.36. The third-order valence-electron chi connectivity index (χ3n) is 4.25. The molecule has 4 N–H and O–H groups in total. The van der Waals surface area contributed by atoms with Gasteiger partial charge in [-0.2, -0.15) is 0 Å². The van der Waals surface area contributed by atoms with Crippen LogP contribution in [0.1, 0.15) is 36.4 Å². The minimum absolute atomic E-state index is 0.129. The summed E-state index contributed by atoms with van der Waals surface area (Å²) in [6, 6.07) is 6.91. The smallest absolute Gasteiger partial charge is 0.0364 e. The third kappa shape index (κ3) is 2.01. The Bertz CT molecular complexity index is 426. The molecular weight excluding hydrogens is 228 g/mol. The van der Waals surface area contributed by atoms with Crippen LogP contribution in [0.2, 0.25) is 0 Å². The van der Waals surface area contributed by atoms with Crippen molar-refractivity contribution < 1.29 is 0 Å². The van der Waals surface area contributed by atoms with Crippen LogP contribution in [0.3, 0.4) is 0 Å². The zero-order chi connectivity index (χ0) is 11.9. The van der Waals surface area contributed by atoms with Crippen LogP contribution in [-0.4, -0.2) is 12.3 Å². The Hall–Kier alpha value is -0.510. The lowest BCUT2D eigenvalue weighted by Crippen LogP contribution is -2.29. The Kier molecular flexibility index (Phi) is 2.93. The van der Waals surface area contributed by atoms with Crippen LogP contribution in [0.15, 0.2) is 23.1 Å². The highest BCUT2D eigenvalue weighted by Gasteiger charge is 2.47. The van der Waals surface area contributed by atoms with Crippen molar-refractivity contribution in [1.29, 1.82) is 0 Å². The topological polar surface area (TPSA) is 52.0 Å². The van der Waals surface area contributed by atoms with E-state index in [1.807, 2.05) is 11.8 Å². The van der Waals surface area contributed by atoms with Crippen LogP contribution >= 0.6 is 11.8 Å². The lowest BCUT2D eigenvalue weighted by Gasteiger charge is -2.24. The number of benzene rings is 1. The van der Waals surface area contributed by atoms with Crippen LogP contribution in [0.5, 0.6) is 0 Å². The van der Waals surface area contributed by atoms with E-state index < -0.39 is 0 Å². The van der Waals surface area contributed by atoms with Gasteiger partial charge in [0.15, 0.2) is 0 Å². The maximum absolute atomic E-state index is 6.39. The Labute approximate surface area is 107 Å². The first-order valence-electron chi connectivity index (χ1n) is 6.46. The van der Waals surface area contributed by atoms with Crippen molar-refractivity contribution >= 4 is 11.8 Å². The van der Waals surface area contributed by atoms with E-state index in [0.29, 0.717) is 0 Å². The summed E-state index contributed by atoms with van der Waals surface area (Å²) in [5.74, 6) is 1.26. The zero-order valence-corrected chi connectivity index (χ0v) is 10.9. The summed E-state index contributed by atoms with van der Waals surface area (Å²) in [5.41, 5.74) is 15.2. The number of aryl methyl sites for hydroxylation is 1. The maximum atomic E-state index is 6.39. The second kappa shape index (κ2) is 4.30. The fraction of sp³-hybridized carbons (Fsp3) is 0.571. The summed E-state index contributed by atoms with van der Waals surface area (Å²) in [6.07, 6.45) is 4.88. The molecule has 1 aromatic carbocycles. The lowest BCUT2D eigenvalue weighted by molar-refractivity contribution is 0.418. The fourth-order valence-corrected chi connectivity index (χ4v) is 3.75. The number of hydrogen-bond acceptors (Lipinski definition) is 3. The fourth-order valence-electron chi connectivity index (χ4n) is 2.73. The standard InChI is InChI=1S/C14H20N2S/c15-9-14(5-6-14)13(16)11-3-4-12-10(8-11)2-1-7-17-12/h3-4,8,13H,1-2,5-7,9,15-16H2. The second-order valence-corrected chi connectivity index (χ2v) is 6.50. The van der Waals surface area contributed by atoms with Gasteiger partial charge >= 0.3 is 0 Å². The molecule has 0 saturated heterocycles. The van der Waals surface area contributed by atoms with Crippen LogP contribution in [0.4, 0.5) is 0 Å². The van der Waals surface area contributed by atoms with E-state index in [1.165, 1.54) is 47.5 Å². The van der Waals surface area contributed by atoms with E-state index in [9.17, 15) is 0 Å². The maximum Gasteiger partial charge on any atom is 0.0364 e. The van der Waals surface area contributed by atoms with E-state index in [-0.39, 0.29) is 11.5 Å². The molecule has 1 heterocycles. The predicted molar refractivity (Wildman–Crippen MR) is 73.1 cm³/mol. The molecule has 0 amide bonds. The van der Waals surface area contributed by atoms with Crippen molar-refractivity contribution in [1.82, 2.24) is 0 Å². The van der Waals surface area contributed by atoms with Crippen molar-refractivity contribution in [2.24, 2.45) is 16.9 Å². The van der Waals surface area contributed by atoms with E-state index in [4.69, 9.17) is 11.5 Å². The molecule has 2 nitrogen and oxygen atoms in total. The van der Waals surface area contributed by atoms with Crippen molar-refractivity contribution in [3.8, 4) is 0 Å². The lowest BCUT2D eigenvalue weighted by atomic mass is 9.89. The van der Waals surface area contributed by atoms with E-state index in [0.717, 1.165) is 6.54 Å². The van der Waals surface area contributed by atoms with Gasteiger partial charge in [-0.3, -0.25) is 0 Å². The number of thioether (sulfide) groups is 1. The van der Waals surface area contributed by atoms with Gasteiger partial charge in [0.2, 0.25) is 0 Å². The first kappa shape index (κ1) is 11.6. The monoisotopic (exact) mass is 248 g/mol. The molecule has 0 radical (unpaired) electrons. The van der Waals surface area contributed by atoms with Gasteiger partial charge in [-0.1, -0.05) is 12.1 Å². The van der Waals surface area contributed by atoms with Gasteiger partial charge in [-0.25, -0.2) is 0 Å². The highest BCUT2D eigenvalue weighted by molar-refractivity contribution is 7.99. The summed E-state index contributed by atoms with van der Waals surface area (Å²) >= 11 is 1.97. The molecule has 17 heavy (non-hydrogen) atoms. The molecule has 1 aliphatic heterocycles. The predicted octanol–water partition coefficient (Wildman–Crippen LogP) is 2.46. The molecule has 0 bridgehead atoms. The molecule has 0 aromatic heterocycles. The first-order chi connectivity index (χ1) is 8.25. The molecule has 1 aromatic rings. The number of hydrogen-bond donors (Lipinski definition) is 2. The van der Waals surface area contributed by atoms with Gasteiger partial charge in [0.25, 0.3) is 0 Å². The Morgan fingerprint density at radius 3 is 2.88 bits per heavy atom. The minimum Gasteiger partial charge on any atom is -0.330 e. The van der Waals surface area contributed by atoms with Crippen molar-refractivity contribution in [3.05, 3.63) is 29.3 Å². The van der Waals surface area contributed by atoms with Gasteiger partial charge in [0, 0.05) is 16.4 Å². The van der Waals surface area contributed by atoms with Gasteiger partial charge in [0.05, 0.1) is 0 Å². The minimum atomic E-state index is 0.129. The Balaban J connectivity index is 1.88. The van der Waals surface area contributed by atoms with Crippen molar-refractivity contribution in [2.75, 3.05) is 12.3 Å². The summed E-state index contributed by atoms with van der Waals surface area (Å²) < 4.78 is 0. The highest BCUT2D eigenvalue weighted by Crippen LogP contribution is 2.53. The number of fused-ring (bicyclic) bond motifs is 1. The van der Waals surface area contributed by atoms with Crippen LogP contribution in [0.25, 0.3) is 0 Å². The third-order valence-corrected chi connectivity index (χ3v) is 5.45. The molecule has 1 unspecified atom stereocenters. The summed E-state index contributed by atoms with van der Waals surface area (Å²) in [4.78, 5) is 1.45. The van der Waals surface area contributed by atoms with Gasteiger partial charge in [0.1, 0.15) is 0 Å². The molecule has 1 atom stereocenters. The number of nitrogens with two attached hydrogens (primary N) is 2. The van der Waals surface area contributed by atoms with Crippen LogP contribution < -0.4 is 11.5 Å². The quantitative estimate of drug-likeness (QED) is 0.864. The SMILES string of the molecule is NCC1(C(N)c2ccc3c(c2)CCCS3)CC1. The largest absolute Gasteiger partial charge is 0.330 e. The summed E-state index contributed by atoms with van der Waals surface area (Å²) in [6.45, 7) is 0.722. The van der Waals surface area contributed by atoms with Crippen LogP contribution in [0, 0.1) is 5.41 Å². The first-order valence-corrected chi connectivity index (χ1v) is 7.45. The van der Waals surface area contributed by atoms with Gasteiger partial charge in [-0.05, 0) is 55.2 Å². The summed E-state index contributed by atoms with van der Waals surface area (Å²) in [5, 5.41) is 0. The zero-order valence-electron chi connectivity index (χ0n) is 10.1. The average molecular weight is 248 g/mol. The number of rotatable bonds is 3. The van der Waals surface area contributed by atoms with E-state index in [1.54, 1.807) is 0 Å². The van der Waals surface area contributed by atoms with Crippen molar-refractivity contribution in [3.63, 3.8) is 0 Å². The molecule has 1 saturated carbocycles. The normalized spacial score (nSPS) is 22.9. The van der Waals surface area contributed by atoms with E-state index >= 15 is 0 Å². The molecule has 1 fully saturated rings. The molecular formula is C14H20N2S. The molecule has 92 valence electrons. The highest BCUT2D eigenvalue weighted by atomic mass is 32.2. The Morgan fingerprint density at radius 1 is 1.35 bits per heavy atom. The van der Waals surface area contributed by atoms with E-state index in [2.05, 4.69) is 18.2 Å². The van der Waals surface area contributed by atoms with Gasteiger partial charge < -0.3 is 11.5 Å². The molecule has 3 rings (SSSR count).